The number of amides is 1. The van der Waals surface area contributed by atoms with Gasteiger partial charge in [0.15, 0.2) is 0 Å². The minimum atomic E-state index is -0.439. The Hall–Kier alpha value is -3.67. The highest BCUT2D eigenvalue weighted by Gasteiger charge is 2.33. The van der Waals surface area contributed by atoms with Gasteiger partial charge in [-0.1, -0.05) is 44.2 Å². The number of carbonyl (C=O) groups excluding carboxylic acids is 1. The van der Waals surface area contributed by atoms with Crippen molar-refractivity contribution < 1.29 is 9.90 Å². The zero-order valence-corrected chi connectivity index (χ0v) is 17.8. The summed E-state index contributed by atoms with van der Waals surface area (Å²) in [6.07, 6.45) is 1.55. The summed E-state index contributed by atoms with van der Waals surface area (Å²) in [4.78, 5) is 21.1. The molecule has 2 aromatic heterocycles. The van der Waals surface area contributed by atoms with E-state index in [1.807, 2.05) is 19.1 Å². The highest BCUT2D eigenvalue weighted by atomic mass is 16.3. The lowest BCUT2D eigenvalue weighted by atomic mass is 9.74. The Morgan fingerprint density at radius 2 is 1.87 bits per heavy atom. The summed E-state index contributed by atoms with van der Waals surface area (Å²) < 4.78 is 0. The standard InChI is InChI=1S/C25H24N4O2/c1-14-23-21(15-8-4-6-10-17(15)27-23)22-18(26-14)12-25(2,3)13-19(22)28-29-24(31)16-9-5-7-11-20(16)30/h4-11,27,30H,12-13H2,1-3H3,(H,29,31)/b28-19-. The molecule has 0 aliphatic heterocycles. The molecule has 0 atom stereocenters. The molecule has 1 aliphatic rings. The first-order chi connectivity index (χ1) is 14.8. The topological polar surface area (TPSA) is 90.4 Å². The van der Waals surface area contributed by atoms with Gasteiger partial charge in [-0.3, -0.25) is 9.78 Å². The number of nitrogens with zero attached hydrogens (tertiary/aromatic N) is 2. The van der Waals surface area contributed by atoms with Crippen molar-refractivity contribution in [2.75, 3.05) is 0 Å². The smallest absolute Gasteiger partial charge is 0.275 e. The second-order valence-corrected chi connectivity index (χ2v) is 8.97. The lowest BCUT2D eigenvalue weighted by molar-refractivity contribution is 0.0952. The lowest BCUT2D eigenvalue weighted by Gasteiger charge is -2.32. The van der Waals surface area contributed by atoms with E-state index in [4.69, 9.17) is 4.98 Å². The zero-order valence-electron chi connectivity index (χ0n) is 17.8. The lowest BCUT2D eigenvalue weighted by Crippen LogP contribution is -2.31. The Labute approximate surface area is 180 Å². The van der Waals surface area contributed by atoms with Crippen LogP contribution >= 0.6 is 0 Å². The van der Waals surface area contributed by atoms with E-state index in [0.29, 0.717) is 6.42 Å². The average molecular weight is 412 g/mol. The first-order valence-electron chi connectivity index (χ1n) is 10.4. The van der Waals surface area contributed by atoms with E-state index in [1.165, 1.54) is 6.07 Å². The molecule has 2 heterocycles. The van der Waals surface area contributed by atoms with E-state index in [2.05, 4.69) is 41.5 Å². The highest BCUT2D eigenvalue weighted by Crippen LogP contribution is 2.40. The number of hydrogen-bond acceptors (Lipinski definition) is 4. The molecule has 31 heavy (non-hydrogen) atoms. The number of aromatic amines is 1. The maximum Gasteiger partial charge on any atom is 0.275 e. The van der Waals surface area contributed by atoms with Crippen molar-refractivity contribution in [2.24, 2.45) is 10.5 Å². The summed E-state index contributed by atoms with van der Waals surface area (Å²) >= 11 is 0. The minimum absolute atomic E-state index is 0.0370. The van der Waals surface area contributed by atoms with E-state index < -0.39 is 5.91 Å². The quantitative estimate of drug-likeness (QED) is 0.412. The Bertz CT molecular complexity index is 1380. The SMILES string of the molecule is Cc1nc2c(c3c1[nH]c1ccccc13)/C(=N\NC(=O)c1ccccc1O)CC(C)(C)C2. The van der Waals surface area contributed by atoms with Gasteiger partial charge in [0.05, 0.1) is 28.2 Å². The predicted octanol–water partition coefficient (Wildman–Crippen LogP) is 4.84. The van der Waals surface area contributed by atoms with E-state index >= 15 is 0 Å². The van der Waals surface area contributed by atoms with Crippen molar-refractivity contribution in [3.8, 4) is 5.75 Å². The van der Waals surface area contributed by atoms with Crippen LogP contribution in [0.5, 0.6) is 5.75 Å². The van der Waals surface area contributed by atoms with Gasteiger partial charge in [-0.25, -0.2) is 5.43 Å². The number of H-pyrrole nitrogens is 1. The molecule has 3 N–H and O–H groups in total. The number of nitrogens with one attached hydrogen (secondary N) is 2. The van der Waals surface area contributed by atoms with Crippen molar-refractivity contribution in [2.45, 2.75) is 33.6 Å². The van der Waals surface area contributed by atoms with Crippen molar-refractivity contribution >= 4 is 33.4 Å². The summed E-state index contributed by atoms with van der Waals surface area (Å²) in [5.41, 5.74) is 8.63. The first-order valence-corrected chi connectivity index (χ1v) is 10.4. The maximum atomic E-state index is 12.7. The third-order valence-electron chi connectivity index (χ3n) is 5.93. The summed E-state index contributed by atoms with van der Waals surface area (Å²) in [6.45, 7) is 6.40. The number of hydrazone groups is 1. The fourth-order valence-corrected chi connectivity index (χ4v) is 4.57. The van der Waals surface area contributed by atoms with Gasteiger partial charge in [-0.15, -0.1) is 0 Å². The largest absolute Gasteiger partial charge is 0.507 e. The molecule has 0 radical (unpaired) electrons. The molecular formula is C25H24N4O2. The molecule has 0 spiro atoms. The second kappa shape index (κ2) is 6.94. The monoisotopic (exact) mass is 412 g/mol. The van der Waals surface area contributed by atoms with Gasteiger partial charge in [-0.05, 0) is 43.4 Å². The van der Waals surface area contributed by atoms with Gasteiger partial charge in [0, 0.05) is 21.9 Å². The van der Waals surface area contributed by atoms with Crippen molar-refractivity contribution in [3.05, 3.63) is 71.0 Å². The minimum Gasteiger partial charge on any atom is -0.507 e. The number of hydrogen-bond donors (Lipinski definition) is 3. The number of aromatic nitrogens is 2. The van der Waals surface area contributed by atoms with Gasteiger partial charge in [0.25, 0.3) is 5.91 Å². The normalized spacial score (nSPS) is 16.5. The number of fused-ring (bicyclic) bond motifs is 5. The number of benzene rings is 2. The van der Waals surface area contributed by atoms with Crippen molar-refractivity contribution in [1.82, 2.24) is 15.4 Å². The van der Waals surface area contributed by atoms with Crippen LogP contribution < -0.4 is 5.43 Å². The molecule has 0 saturated heterocycles. The van der Waals surface area contributed by atoms with E-state index in [1.54, 1.807) is 18.2 Å². The van der Waals surface area contributed by atoms with Gasteiger partial charge in [0.2, 0.25) is 0 Å². The number of carbonyl (C=O) groups is 1. The molecule has 6 heteroatoms. The number of aromatic hydroxyl groups is 1. The number of rotatable bonds is 2. The number of pyridine rings is 1. The fraction of sp³-hybridized carbons (Fsp3) is 0.240. The van der Waals surface area contributed by atoms with Crippen molar-refractivity contribution in [3.63, 3.8) is 0 Å². The Kier molecular flexibility index (Phi) is 4.32. The molecule has 5 rings (SSSR count). The molecule has 1 amide bonds. The van der Waals surface area contributed by atoms with Crippen LogP contribution in [0.2, 0.25) is 0 Å². The Balaban J connectivity index is 1.69. The molecule has 0 fully saturated rings. The molecule has 0 unspecified atom stereocenters. The van der Waals surface area contributed by atoms with Gasteiger partial charge in [0.1, 0.15) is 5.75 Å². The van der Waals surface area contributed by atoms with Crippen LogP contribution in [0.1, 0.15) is 47.6 Å². The molecule has 6 nitrogen and oxygen atoms in total. The summed E-state index contributed by atoms with van der Waals surface area (Å²) in [5.74, 6) is -0.508. The van der Waals surface area contributed by atoms with E-state index in [9.17, 15) is 9.90 Å². The zero-order chi connectivity index (χ0) is 21.8. The number of phenolic OH excluding ortho intramolecular Hbond substituents is 1. The summed E-state index contributed by atoms with van der Waals surface area (Å²) in [5, 5.41) is 16.8. The molecule has 2 aromatic carbocycles. The Morgan fingerprint density at radius 1 is 1.13 bits per heavy atom. The average Bonchev–Trinajstić information content (AvgIpc) is 3.11. The number of phenols is 1. The third-order valence-corrected chi connectivity index (χ3v) is 5.93. The third kappa shape index (κ3) is 3.24. The summed E-state index contributed by atoms with van der Waals surface area (Å²) in [6, 6.07) is 14.7. The molecule has 0 saturated carbocycles. The van der Waals surface area contributed by atoms with Gasteiger partial charge >= 0.3 is 0 Å². The first kappa shape index (κ1) is 19.3. The Morgan fingerprint density at radius 3 is 2.68 bits per heavy atom. The van der Waals surface area contributed by atoms with Crippen LogP contribution in [-0.4, -0.2) is 26.7 Å². The highest BCUT2D eigenvalue weighted by molar-refractivity contribution is 6.21. The number of para-hydroxylation sites is 2. The van der Waals surface area contributed by atoms with Crippen molar-refractivity contribution in [1.29, 1.82) is 0 Å². The van der Waals surface area contributed by atoms with Crippen LogP contribution in [0.3, 0.4) is 0 Å². The van der Waals surface area contributed by atoms with Crippen LogP contribution in [0.25, 0.3) is 21.8 Å². The van der Waals surface area contributed by atoms with Gasteiger partial charge in [-0.2, -0.15) is 5.10 Å². The second-order valence-electron chi connectivity index (χ2n) is 8.97. The van der Waals surface area contributed by atoms with E-state index in [0.717, 1.165) is 50.9 Å². The van der Waals surface area contributed by atoms with Crippen LogP contribution in [-0.2, 0) is 6.42 Å². The van der Waals surface area contributed by atoms with Gasteiger partial charge < -0.3 is 10.1 Å². The fourth-order valence-electron chi connectivity index (χ4n) is 4.57. The molecule has 1 aliphatic carbocycles. The van der Waals surface area contributed by atoms with Crippen LogP contribution in [0.4, 0.5) is 0 Å². The molecular weight excluding hydrogens is 388 g/mol. The van der Waals surface area contributed by atoms with Crippen LogP contribution in [0.15, 0.2) is 53.6 Å². The predicted molar refractivity (Wildman–Crippen MR) is 123 cm³/mol. The molecule has 4 aromatic rings. The maximum absolute atomic E-state index is 12.7. The van der Waals surface area contributed by atoms with Crippen LogP contribution in [0, 0.1) is 12.3 Å². The summed E-state index contributed by atoms with van der Waals surface area (Å²) in [7, 11) is 0. The molecule has 156 valence electrons. The van der Waals surface area contributed by atoms with E-state index in [-0.39, 0.29) is 16.7 Å². The number of aryl methyl sites for hydroxylation is 1. The molecule has 0 bridgehead atoms.